The minimum Gasteiger partial charge on any atom is -0.497 e. The van der Waals surface area contributed by atoms with E-state index in [9.17, 15) is 18.0 Å². The van der Waals surface area contributed by atoms with Gasteiger partial charge in [0, 0.05) is 17.6 Å². The van der Waals surface area contributed by atoms with Crippen molar-refractivity contribution in [3.8, 4) is 5.75 Å². The van der Waals surface area contributed by atoms with E-state index in [0.717, 1.165) is 48.2 Å². The molecule has 1 N–H and O–H groups in total. The van der Waals surface area contributed by atoms with Gasteiger partial charge in [0.15, 0.2) is 0 Å². The highest BCUT2D eigenvalue weighted by Crippen LogP contribution is 2.29. The van der Waals surface area contributed by atoms with E-state index < -0.39 is 28.5 Å². The van der Waals surface area contributed by atoms with E-state index in [4.69, 9.17) is 16.3 Å². The Hall–Kier alpha value is -2.78. The summed E-state index contributed by atoms with van der Waals surface area (Å²) in [5.74, 6) is -0.0781. The van der Waals surface area contributed by atoms with Crippen LogP contribution in [0.2, 0.25) is 5.02 Å². The van der Waals surface area contributed by atoms with Crippen LogP contribution in [0.4, 0.5) is 5.69 Å². The number of carbonyl (C=O) groups is 2. The summed E-state index contributed by atoms with van der Waals surface area (Å²) >= 11 is 6.27. The van der Waals surface area contributed by atoms with Crippen LogP contribution in [0.1, 0.15) is 56.6 Å². The maximum Gasteiger partial charge on any atom is 0.244 e. The molecule has 1 unspecified atom stereocenters. The third kappa shape index (κ3) is 7.63. The molecule has 10 heteroatoms. The highest BCUT2D eigenvalue weighted by atomic mass is 35.5. The second-order valence-corrected chi connectivity index (χ2v) is 12.1. The first-order valence-electron chi connectivity index (χ1n) is 13.0. The molecule has 0 aromatic heterocycles. The Morgan fingerprint density at radius 3 is 2.45 bits per heavy atom. The highest BCUT2D eigenvalue weighted by molar-refractivity contribution is 7.92. The fourth-order valence-corrected chi connectivity index (χ4v) is 5.96. The number of halogens is 1. The summed E-state index contributed by atoms with van der Waals surface area (Å²) < 4.78 is 32.1. The smallest absolute Gasteiger partial charge is 0.244 e. The molecule has 1 aliphatic rings. The molecule has 1 saturated carbocycles. The van der Waals surface area contributed by atoms with Crippen molar-refractivity contribution in [2.75, 3.05) is 24.2 Å². The van der Waals surface area contributed by atoms with Gasteiger partial charge in [-0.3, -0.25) is 13.9 Å². The largest absolute Gasteiger partial charge is 0.497 e. The van der Waals surface area contributed by atoms with Gasteiger partial charge < -0.3 is 15.0 Å². The zero-order chi connectivity index (χ0) is 27.9. The van der Waals surface area contributed by atoms with Crippen LogP contribution in [0.3, 0.4) is 0 Å². The maximum absolute atomic E-state index is 13.9. The third-order valence-electron chi connectivity index (χ3n) is 7.01. The monoisotopic (exact) mass is 563 g/mol. The molecule has 1 aliphatic carbocycles. The number of nitrogens with zero attached hydrogens (tertiary/aromatic N) is 2. The zero-order valence-electron chi connectivity index (χ0n) is 22.6. The molecule has 2 aromatic rings. The first-order chi connectivity index (χ1) is 18.0. The molecular weight excluding hydrogens is 526 g/mol. The van der Waals surface area contributed by atoms with Gasteiger partial charge in [-0.05, 0) is 61.6 Å². The average Bonchev–Trinajstić information content (AvgIpc) is 2.89. The lowest BCUT2D eigenvalue weighted by atomic mass is 9.95. The summed E-state index contributed by atoms with van der Waals surface area (Å²) in [6, 6.07) is 11.5. The first-order valence-corrected chi connectivity index (χ1v) is 15.2. The topological polar surface area (TPSA) is 96.0 Å². The quantitative estimate of drug-likeness (QED) is 0.428. The van der Waals surface area contributed by atoms with Gasteiger partial charge in [-0.1, -0.05) is 56.0 Å². The van der Waals surface area contributed by atoms with Crippen LogP contribution in [0, 0.1) is 6.92 Å². The number of ether oxygens (including phenoxy) is 1. The predicted molar refractivity (Wildman–Crippen MR) is 151 cm³/mol. The average molecular weight is 564 g/mol. The number of anilines is 1. The van der Waals surface area contributed by atoms with E-state index in [2.05, 4.69) is 5.32 Å². The third-order valence-corrected chi connectivity index (χ3v) is 8.55. The Balaban J connectivity index is 1.96. The van der Waals surface area contributed by atoms with Gasteiger partial charge in [0.25, 0.3) is 0 Å². The molecule has 0 radical (unpaired) electrons. The van der Waals surface area contributed by atoms with E-state index >= 15 is 0 Å². The Labute approximate surface area is 231 Å². The molecule has 38 heavy (non-hydrogen) atoms. The van der Waals surface area contributed by atoms with Gasteiger partial charge in [0.05, 0.1) is 19.1 Å². The van der Waals surface area contributed by atoms with Crippen LogP contribution >= 0.6 is 11.6 Å². The second kappa shape index (κ2) is 13.3. The lowest BCUT2D eigenvalue weighted by molar-refractivity contribution is -0.140. The van der Waals surface area contributed by atoms with Crippen LogP contribution in [0.5, 0.6) is 5.75 Å². The van der Waals surface area contributed by atoms with E-state index in [-0.39, 0.29) is 18.5 Å². The van der Waals surface area contributed by atoms with Crippen molar-refractivity contribution in [1.29, 1.82) is 0 Å². The molecule has 0 bridgehead atoms. The van der Waals surface area contributed by atoms with Crippen molar-refractivity contribution in [3.63, 3.8) is 0 Å². The van der Waals surface area contributed by atoms with E-state index in [1.165, 1.54) is 4.90 Å². The normalized spacial score (nSPS) is 15.0. The van der Waals surface area contributed by atoms with Crippen LogP contribution < -0.4 is 14.4 Å². The van der Waals surface area contributed by atoms with Crippen molar-refractivity contribution < 1.29 is 22.7 Å². The lowest BCUT2D eigenvalue weighted by Gasteiger charge is -2.34. The molecule has 0 heterocycles. The molecule has 0 aliphatic heterocycles. The Bertz CT molecular complexity index is 1230. The van der Waals surface area contributed by atoms with Gasteiger partial charge in [-0.25, -0.2) is 8.42 Å². The van der Waals surface area contributed by atoms with Gasteiger partial charge in [0.2, 0.25) is 21.8 Å². The minimum absolute atomic E-state index is 0.0840. The summed E-state index contributed by atoms with van der Waals surface area (Å²) in [7, 11) is -2.28. The summed E-state index contributed by atoms with van der Waals surface area (Å²) in [6.45, 7) is 3.23. The van der Waals surface area contributed by atoms with Crippen molar-refractivity contribution in [3.05, 3.63) is 58.6 Å². The number of hydrogen-bond acceptors (Lipinski definition) is 5. The van der Waals surface area contributed by atoms with Crippen molar-refractivity contribution >= 4 is 39.1 Å². The number of rotatable bonds is 11. The number of amides is 2. The van der Waals surface area contributed by atoms with Gasteiger partial charge >= 0.3 is 0 Å². The number of methoxy groups -OCH3 is 1. The summed E-state index contributed by atoms with van der Waals surface area (Å²) in [5, 5.41) is 3.54. The molecule has 2 aromatic carbocycles. The molecule has 2 amide bonds. The highest BCUT2D eigenvalue weighted by Gasteiger charge is 2.33. The molecule has 1 atom stereocenters. The Kier molecular flexibility index (Phi) is 10.4. The van der Waals surface area contributed by atoms with Gasteiger partial charge in [0.1, 0.15) is 18.3 Å². The molecular formula is C28H38ClN3O5S. The van der Waals surface area contributed by atoms with Crippen LogP contribution in [0.15, 0.2) is 42.5 Å². The van der Waals surface area contributed by atoms with Crippen LogP contribution in [-0.4, -0.2) is 57.1 Å². The zero-order valence-corrected chi connectivity index (χ0v) is 24.1. The summed E-state index contributed by atoms with van der Waals surface area (Å²) in [5.41, 5.74) is 1.65. The standard InChI is InChI=1S/C28H38ClN3O5S/c1-5-25(28(34)30-22-12-7-6-8-13-22)31(18-21-11-9-14-23(17-21)37-3)27(33)19-32(38(4,35)36)26-16-10-15-24(29)20(26)2/h9-11,14-17,22,25H,5-8,12-13,18-19H2,1-4H3,(H,30,34). The molecule has 8 nitrogen and oxygen atoms in total. The predicted octanol–water partition coefficient (Wildman–Crippen LogP) is 4.68. The van der Waals surface area contributed by atoms with Crippen LogP contribution in [0.25, 0.3) is 0 Å². The molecule has 1 fully saturated rings. The van der Waals surface area contributed by atoms with Crippen molar-refractivity contribution in [1.82, 2.24) is 10.2 Å². The number of benzene rings is 2. The molecule has 0 spiro atoms. The van der Waals surface area contributed by atoms with Crippen LogP contribution in [-0.2, 0) is 26.2 Å². The summed E-state index contributed by atoms with van der Waals surface area (Å²) in [6.07, 6.45) is 6.56. The first kappa shape index (κ1) is 29.8. The number of hydrogen-bond donors (Lipinski definition) is 1. The molecule has 0 saturated heterocycles. The SMILES string of the molecule is CCC(C(=O)NC1CCCCC1)N(Cc1cccc(OC)c1)C(=O)CN(c1cccc(Cl)c1C)S(C)(=O)=O. The fourth-order valence-electron chi connectivity index (χ4n) is 4.89. The van der Waals surface area contributed by atoms with E-state index in [0.29, 0.717) is 28.4 Å². The minimum atomic E-state index is -3.84. The lowest BCUT2D eigenvalue weighted by Crippen LogP contribution is -2.54. The second-order valence-electron chi connectivity index (χ2n) is 9.79. The maximum atomic E-state index is 13.9. The van der Waals surface area contributed by atoms with Crippen molar-refractivity contribution in [2.45, 2.75) is 71.0 Å². The number of carbonyl (C=O) groups excluding carboxylic acids is 2. The van der Waals surface area contributed by atoms with Gasteiger partial charge in [-0.15, -0.1) is 0 Å². The Morgan fingerprint density at radius 1 is 1.13 bits per heavy atom. The number of nitrogens with one attached hydrogen (secondary N) is 1. The molecule has 3 rings (SSSR count). The number of sulfonamides is 1. The van der Waals surface area contributed by atoms with Gasteiger partial charge in [-0.2, -0.15) is 0 Å². The Morgan fingerprint density at radius 2 is 1.82 bits per heavy atom. The van der Waals surface area contributed by atoms with E-state index in [1.807, 2.05) is 25.1 Å². The van der Waals surface area contributed by atoms with Crippen molar-refractivity contribution in [2.24, 2.45) is 0 Å². The molecule has 208 valence electrons. The fraction of sp³-hybridized carbons (Fsp3) is 0.500. The van der Waals surface area contributed by atoms with E-state index in [1.54, 1.807) is 38.3 Å². The summed E-state index contributed by atoms with van der Waals surface area (Å²) in [4.78, 5) is 28.9.